The Morgan fingerprint density at radius 3 is 2.87 bits per heavy atom. The third-order valence-electron chi connectivity index (χ3n) is 2.50. The molecule has 0 aliphatic carbocycles. The van der Waals surface area contributed by atoms with E-state index < -0.39 is 0 Å². The van der Waals surface area contributed by atoms with Gasteiger partial charge in [-0.25, -0.2) is 0 Å². The predicted octanol–water partition coefficient (Wildman–Crippen LogP) is 3.40. The van der Waals surface area contributed by atoms with Gasteiger partial charge in [0.1, 0.15) is 0 Å². The summed E-state index contributed by atoms with van der Waals surface area (Å²) in [6, 6.07) is 6.45. The number of ether oxygens (including phenoxy) is 1. The van der Waals surface area contributed by atoms with Gasteiger partial charge in [-0.15, -0.1) is 0 Å². The summed E-state index contributed by atoms with van der Waals surface area (Å²) in [4.78, 5) is 3.27. The minimum atomic E-state index is 0.278. The van der Waals surface area contributed by atoms with Gasteiger partial charge in [0.15, 0.2) is 0 Å². The molecule has 2 rings (SSSR count). The van der Waals surface area contributed by atoms with Crippen LogP contribution in [0.15, 0.2) is 24.4 Å². The predicted molar refractivity (Wildman–Crippen MR) is 63.0 cm³/mol. The molecule has 0 aliphatic heterocycles. The molecule has 0 saturated carbocycles. The molecule has 2 aromatic rings. The normalized spacial score (nSPS) is 11.5. The first-order chi connectivity index (χ1) is 7.16. The van der Waals surface area contributed by atoms with E-state index in [1.165, 1.54) is 22.0 Å². The number of H-pyrrole nitrogens is 1. The van der Waals surface area contributed by atoms with Gasteiger partial charge in [0, 0.05) is 22.7 Å². The van der Waals surface area contributed by atoms with Crippen molar-refractivity contribution in [3.05, 3.63) is 35.5 Å². The van der Waals surface area contributed by atoms with E-state index in [4.69, 9.17) is 4.74 Å². The zero-order chi connectivity index (χ0) is 10.8. The van der Waals surface area contributed by atoms with Crippen molar-refractivity contribution in [2.45, 2.75) is 33.5 Å². The maximum atomic E-state index is 5.60. The molecular weight excluding hydrogens is 186 g/mol. The van der Waals surface area contributed by atoms with Crippen LogP contribution in [0.3, 0.4) is 0 Å². The van der Waals surface area contributed by atoms with Crippen molar-refractivity contribution in [3.8, 4) is 0 Å². The standard InChI is InChI=1S/C13H17NO/c1-9(2)15-8-11-7-14-13-6-10(3)4-5-12(11)13/h4-7,9,14H,8H2,1-3H3. The molecular formula is C13H17NO. The topological polar surface area (TPSA) is 25.0 Å². The molecule has 1 aromatic heterocycles. The van der Waals surface area contributed by atoms with Crippen molar-refractivity contribution in [3.63, 3.8) is 0 Å². The highest BCUT2D eigenvalue weighted by Gasteiger charge is 2.04. The van der Waals surface area contributed by atoms with Gasteiger partial charge in [-0.05, 0) is 32.4 Å². The van der Waals surface area contributed by atoms with Crippen LogP contribution in [0.25, 0.3) is 10.9 Å². The van der Waals surface area contributed by atoms with Crippen LogP contribution in [0, 0.1) is 6.92 Å². The Hall–Kier alpha value is -1.28. The fourth-order valence-electron chi connectivity index (χ4n) is 1.68. The van der Waals surface area contributed by atoms with Gasteiger partial charge < -0.3 is 9.72 Å². The van der Waals surface area contributed by atoms with E-state index in [1.54, 1.807) is 0 Å². The monoisotopic (exact) mass is 203 g/mol. The van der Waals surface area contributed by atoms with Crippen LogP contribution in [0.2, 0.25) is 0 Å². The number of hydrogen-bond acceptors (Lipinski definition) is 1. The number of hydrogen-bond donors (Lipinski definition) is 1. The van der Waals surface area contributed by atoms with Crippen LogP contribution in [-0.4, -0.2) is 11.1 Å². The summed E-state index contributed by atoms with van der Waals surface area (Å²) in [6.45, 7) is 6.89. The highest BCUT2D eigenvalue weighted by molar-refractivity contribution is 5.83. The molecule has 0 bridgehead atoms. The summed E-state index contributed by atoms with van der Waals surface area (Å²) in [5, 5.41) is 1.27. The number of benzene rings is 1. The van der Waals surface area contributed by atoms with Gasteiger partial charge in [0.25, 0.3) is 0 Å². The third-order valence-corrected chi connectivity index (χ3v) is 2.50. The molecule has 1 aromatic carbocycles. The minimum Gasteiger partial charge on any atom is -0.374 e. The van der Waals surface area contributed by atoms with E-state index in [0.29, 0.717) is 6.61 Å². The molecule has 1 N–H and O–H groups in total. The molecule has 0 saturated heterocycles. The molecule has 0 aliphatic rings. The van der Waals surface area contributed by atoms with Crippen LogP contribution < -0.4 is 0 Å². The quantitative estimate of drug-likeness (QED) is 0.812. The van der Waals surface area contributed by atoms with Crippen molar-refractivity contribution < 1.29 is 4.74 Å². The summed E-state index contributed by atoms with van der Waals surface area (Å²) in [5.74, 6) is 0. The molecule has 0 atom stereocenters. The summed E-state index contributed by atoms with van der Waals surface area (Å²) in [6.07, 6.45) is 2.31. The van der Waals surface area contributed by atoms with Crippen molar-refractivity contribution >= 4 is 10.9 Å². The van der Waals surface area contributed by atoms with Crippen LogP contribution in [-0.2, 0) is 11.3 Å². The molecule has 2 heteroatoms. The van der Waals surface area contributed by atoms with E-state index in [0.717, 1.165) is 0 Å². The largest absolute Gasteiger partial charge is 0.374 e. The fraction of sp³-hybridized carbons (Fsp3) is 0.385. The van der Waals surface area contributed by atoms with E-state index in [1.807, 2.05) is 6.20 Å². The Balaban J connectivity index is 2.29. The highest BCUT2D eigenvalue weighted by atomic mass is 16.5. The van der Waals surface area contributed by atoms with Gasteiger partial charge in [-0.2, -0.15) is 0 Å². The van der Waals surface area contributed by atoms with Gasteiger partial charge in [-0.3, -0.25) is 0 Å². The molecule has 2 nitrogen and oxygen atoms in total. The van der Waals surface area contributed by atoms with Crippen LogP contribution in [0.1, 0.15) is 25.0 Å². The van der Waals surface area contributed by atoms with Crippen molar-refractivity contribution in [1.29, 1.82) is 0 Å². The van der Waals surface area contributed by atoms with Gasteiger partial charge in [0.05, 0.1) is 12.7 Å². The van der Waals surface area contributed by atoms with E-state index in [9.17, 15) is 0 Å². The van der Waals surface area contributed by atoms with Crippen molar-refractivity contribution in [2.75, 3.05) is 0 Å². The second kappa shape index (κ2) is 4.07. The average Bonchev–Trinajstić information content (AvgIpc) is 2.57. The van der Waals surface area contributed by atoms with Gasteiger partial charge in [-0.1, -0.05) is 12.1 Å². The van der Waals surface area contributed by atoms with Gasteiger partial charge in [0.2, 0.25) is 0 Å². The molecule has 0 unspecified atom stereocenters. The lowest BCUT2D eigenvalue weighted by Gasteiger charge is -2.06. The first kappa shape index (κ1) is 10.2. The lowest BCUT2D eigenvalue weighted by molar-refractivity contribution is 0.0664. The fourth-order valence-corrected chi connectivity index (χ4v) is 1.68. The van der Waals surface area contributed by atoms with E-state index in [2.05, 4.69) is 44.0 Å². The SMILES string of the molecule is Cc1ccc2c(COC(C)C)c[nH]c2c1. The Kier molecular flexibility index (Phi) is 2.78. The molecule has 80 valence electrons. The first-order valence-electron chi connectivity index (χ1n) is 5.35. The number of rotatable bonds is 3. The maximum Gasteiger partial charge on any atom is 0.0741 e. The second-order valence-corrected chi connectivity index (χ2v) is 4.22. The zero-order valence-corrected chi connectivity index (χ0v) is 9.50. The first-order valence-corrected chi connectivity index (χ1v) is 5.35. The van der Waals surface area contributed by atoms with E-state index in [-0.39, 0.29) is 6.10 Å². The Morgan fingerprint density at radius 1 is 1.33 bits per heavy atom. The molecule has 0 fully saturated rings. The molecule has 15 heavy (non-hydrogen) atoms. The number of nitrogens with one attached hydrogen (secondary N) is 1. The average molecular weight is 203 g/mol. The van der Waals surface area contributed by atoms with Gasteiger partial charge >= 0.3 is 0 Å². The number of aromatic nitrogens is 1. The minimum absolute atomic E-state index is 0.278. The summed E-state index contributed by atoms with van der Waals surface area (Å²) in [7, 11) is 0. The molecule has 0 radical (unpaired) electrons. The lowest BCUT2D eigenvalue weighted by Crippen LogP contribution is -2.01. The Bertz CT molecular complexity index is 457. The third kappa shape index (κ3) is 2.21. The summed E-state index contributed by atoms with van der Waals surface area (Å²) in [5.41, 5.74) is 3.71. The van der Waals surface area contributed by atoms with Crippen LogP contribution >= 0.6 is 0 Å². The number of aryl methyl sites for hydroxylation is 1. The van der Waals surface area contributed by atoms with E-state index >= 15 is 0 Å². The molecule has 0 amide bonds. The molecule has 1 heterocycles. The zero-order valence-electron chi connectivity index (χ0n) is 9.50. The maximum absolute atomic E-state index is 5.60. The highest BCUT2D eigenvalue weighted by Crippen LogP contribution is 2.20. The van der Waals surface area contributed by atoms with Crippen LogP contribution in [0.4, 0.5) is 0 Å². The van der Waals surface area contributed by atoms with Crippen molar-refractivity contribution in [1.82, 2.24) is 4.98 Å². The lowest BCUT2D eigenvalue weighted by atomic mass is 10.1. The Morgan fingerprint density at radius 2 is 2.13 bits per heavy atom. The molecule has 0 spiro atoms. The Labute approximate surface area is 90.3 Å². The summed E-state index contributed by atoms with van der Waals surface area (Å²) < 4.78 is 5.60. The summed E-state index contributed by atoms with van der Waals surface area (Å²) >= 11 is 0. The second-order valence-electron chi connectivity index (χ2n) is 4.22. The number of aromatic amines is 1. The van der Waals surface area contributed by atoms with Crippen LogP contribution in [0.5, 0.6) is 0 Å². The smallest absolute Gasteiger partial charge is 0.0741 e. The van der Waals surface area contributed by atoms with Crippen molar-refractivity contribution in [2.24, 2.45) is 0 Å². The number of fused-ring (bicyclic) bond motifs is 1.